The van der Waals surface area contributed by atoms with Crippen LogP contribution in [0.5, 0.6) is 0 Å². The van der Waals surface area contributed by atoms with Crippen LogP contribution in [-0.2, 0) is 5.41 Å². The van der Waals surface area contributed by atoms with Gasteiger partial charge in [0.1, 0.15) is 0 Å². The van der Waals surface area contributed by atoms with Crippen molar-refractivity contribution >= 4 is 32.5 Å². The minimum Gasteiger partial charge on any atom is -0.375 e. The first-order valence-corrected chi connectivity index (χ1v) is 11.5. The quantitative estimate of drug-likeness (QED) is 0.839. The maximum Gasteiger partial charge on any atom is 0.181 e. The van der Waals surface area contributed by atoms with Gasteiger partial charge in [-0.2, -0.15) is 0 Å². The van der Waals surface area contributed by atoms with Crippen LogP contribution in [0.1, 0.15) is 67.3 Å². The number of fused-ring (bicyclic) bond motifs is 2. The Morgan fingerprint density at radius 3 is 2.89 bits per heavy atom. The molecule has 2 aromatic rings. The van der Waals surface area contributed by atoms with Crippen LogP contribution < -0.4 is 5.73 Å². The average Bonchev–Trinajstić information content (AvgIpc) is 3.01. The van der Waals surface area contributed by atoms with Crippen molar-refractivity contribution < 1.29 is 4.79 Å². The predicted octanol–water partition coefficient (Wildman–Crippen LogP) is 4.38. The summed E-state index contributed by atoms with van der Waals surface area (Å²) in [7, 11) is 0. The lowest BCUT2D eigenvalue weighted by molar-refractivity contribution is -0.0134. The maximum atomic E-state index is 13.7. The Kier molecular flexibility index (Phi) is 3.52. The first-order chi connectivity index (χ1) is 13.2. The van der Waals surface area contributed by atoms with Crippen LogP contribution in [0.2, 0.25) is 0 Å². The fraction of sp³-hybridized carbons (Fsp3) is 0.636. The summed E-state index contributed by atoms with van der Waals surface area (Å²) < 4.78 is 1.06. The lowest BCUT2D eigenvalue weighted by atomic mass is 9.52. The third-order valence-corrected chi connectivity index (χ3v) is 8.90. The molecule has 1 aromatic carbocycles. The molecule has 2 N–H and O–H groups in total. The number of likely N-dealkylation sites (tertiary alicyclic amines) is 1. The number of ketones is 1. The second-order valence-electron chi connectivity index (χ2n) is 9.28. The number of nitrogen functional groups attached to an aromatic ring is 1. The zero-order valence-electron chi connectivity index (χ0n) is 15.7. The average molecular weight is 382 g/mol. The van der Waals surface area contributed by atoms with E-state index in [4.69, 9.17) is 5.73 Å². The standard InChI is InChI=1S/C22H27N3OS/c23-21-24-17-11-16-14(10-18(17)27-21)20(26)19-15-6-1-2-7-22(15,16)8-9-25(19)12-13-4-3-5-13/h10-11,13,15,19H,1-9,12H2,(H2,23,24)/t15-,19+,22-/m0/s1. The number of Topliss-reactive ketones (excluding diaryl/α,β-unsaturated/α-hetero) is 1. The van der Waals surface area contributed by atoms with Crippen molar-refractivity contribution in [1.29, 1.82) is 0 Å². The number of rotatable bonds is 2. The highest BCUT2D eigenvalue weighted by atomic mass is 32.1. The molecule has 3 fully saturated rings. The number of carbonyl (C=O) groups excluding carboxylic acids is 1. The fourth-order valence-corrected chi connectivity index (χ4v) is 7.33. The van der Waals surface area contributed by atoms with Crippen molar-refractivity contribution in [2.45, 2.75) is 62.8 Å². The van der Waals surface area contributed by atoms with Crippen LogP contribution in [0.25, 0.3) is 10.2 Å². The molecule has 3 atom stereocenters. The highest BCUT2D eigenvalue weighted by molar-refractivity contribution is 7.22. The molecule has 3 aliphatic carbocycles. The molecule has 4 aliphatic rings. The van der Waals surface area contributed by atoms with Gasteiger partial charge in [0.2, 0.25) is 0 Å². The minimum absolute atomic E-state index is 0.106. The van der Waals surface area contributed by atoms with E-state index in [1.165, 1.54) is 68.3 Å². The number of piperidine rings is 1. The topological polar surface area (TPSA) is 59.2 Å². The van der Waals surface area contributed by atoms with Gasteiger partial charge in [-0.3, -0.25) is 9.69 Å². The molecule has 1 saturated heterocycles. The normalized spacial score (nSPS) is 33.6. The lowest BCUT2D eigenvalue weighted by Gasteiger charge is -2.58. The zero-order valence-corrected chi connectivity index (χ0v) is 16.6. The van der Waals surface area contributed by atoms with E-state index in [9.17, 15) is 4.79 Å². The smallest absolute Gasteiger partial charge is 0.181 e. The Balaban J connectivity index is 1.51. The van der Waals surface area contributed by atoms with Gasteiger partial charge in [-0.15, -0.1) is 0 Å². The van der Waals surface area contributed by atoms with Crippen molar-refractivity contribution in [1.82, 2.24) is 9.88 Å². The van der Waals surface area contributed by atoms with E-state index in [1.54, 1.807) is 0 Å². The number of hydrogen-bond acceptors (Lipinski definition) is 5. The summed E-state index contributed by atoms with van der Waals surface area (Å²) in [5.74, 6) is 1.69. The molecule has 2 saturated carbocycles. The van der Waals surface area contributed by atoms with Gasteiger partial charge in [-0.25, -0.2) is 4.98 Å². The van der Waals surface area contributed by atoms with E-state index in [-0.39, 0.29) is 11.5 Å². The number of benzene rings is 1. The van der Waals surface area contributed by atoms with Crippen LogP contribution in [0, 0.1) is 11.8 Å². The Hall–Kier alpha value is -1.46. The summed E-state index contributed by atoms with van der Waals surface area (Å²) in [5, 5.41) is 0.604. The van der Waals surface area contributed by atoms with Crippen LogP contribution in [-0.4, -0.2) is 34.8 Å². The molecule has 4 nitrogen and oxygen atoms in total. The molecular weight excluding hydrogens is 354 g/mol. The van der Waals surface area contributed by atoms with Gasteiger partial charge < -0.3 is 5.73 Å². The molecule has 0 spiro atoms. The molecule has 0 unspecified atom stereocenters. The van der Waals surface area contributed by atoms with Crippen molar-refractivity contribution in [3.8, 4) is 0 Å². The number of nitrogens with two attached hydrogens (primary N) is 1. The highest BCUT2D eigenvalue weighted by Crippen LogP contribution is 2.56. The predicted molar refractivity (Wildman–Crippen MR) is 109 cm³/mol. The van der Waals surface area contributed by atoms with Gasteiger partial charge in [-0.1, -0.05) is 30.6 Å². The summed E-state index contributed by atoms with van der Waals surface area (Å²) in [4.78, 5) is 20.9. The second kappa shape index (κ2) is 5.77. The van der Waals surface area contributed by atoms with E-state index in [1.807, 2.05) is 0 Å². The SMILES string of the molecule is Nc1nc2cc3c(cc2s1)C(=O)[C@H]1[C@@H]2CCCC[C@@]32CCN1CC1CCC1. The number of carbonyl (C=O) groups is 1. The van der Waals surface area contributed by atoms with Crippen LogP contribution in [0.4, 0.5) is 5.13 Å². The number of nitrogens with zero attached hydrogens (tertiary/aromatic N) is 2. The number of anilines is 1. The van der Waals surface area contributed by atoms with Crippen LogP contribution >= 0.6 is 11.3 Å². The molecule has 0 amide bonds. The van der Waals surface area contributed by atoms with Crippen LogP contribution in [0.3, 0.4) is 0 Å². The second-order valence-corrected chi connectivity index (χ2v) is 10.3. The van der Waals surface area contributed by atoms with Gasteiger partial charge in [0.15, 0.2) is 10.9 Å². The Labute approximate surface area is 164 Å². The molecule has 0 radical (unpaired) electrons. The van der Waals surface area contributed by atoms with Crippen molar-refractivity contribution in [2.24, 2.45) is 11.8 Å². The maximum absolute atomic E-state index is 13.7. The molecule has 1 aromatic heterocycles. The summed E-state index contributed by atoms with van der Waals surface area (Å²) >= 11 is 1.51. The zero-order chi connectivity index (χ0) is 18.2. The molecule has 142 valence electrons. The summed E-state index contributed by atoms with van der Waals surface area (Å²) in [6, 6.07) is 4.45. The van der Waals surface area contributed by atoms with Crippen molar-refractivity contribution in [2.75, 3.05) is 18.8 Å². The van der Waals surface area contributed by atoms with Gasteiger partial charge in [0.25, 0.3) is 0 Å². The van der Waals surface area contributed by atoms with Gasteiger partial charge in [0.05, 0.1) is 16.3 Å². The van der Waals surface area contributed by atoms with E-state index in [2.05, 4.69) is 22.0 Å². The molecule has 27 heavy (non-hydrogen) atoms. The van der Waals surface area contributed by atoms with Gasteiger partial charge in [-0.05, 0) is 68.2 Å². The number of aromatic nitrogens is 1. The van der Waals surface area contributed by atoms with Gasteiger partial charge in [0, 0.05) is 17.5 Å². The third-order valence-electron chi connectivity index (χ3n) is 8.05. The Morgan fingerprint density at radius 2 is 2.07 bits per heavy atom. The number of hydrogen-bond donors (Lipinski definition) is 1. The fourth-order valence-electron chi connectivity index (χ4n) is 6.57. The van der Waals surface area contributed by atoms with E-state index < -0.39 is 0 Å². The minimum atomic E-state index is 0.106. The summed E-state index contributed by atoms with van der Waals surface area (Å²) in [5.41, 5.74) is 9.43. The first kappa shape index (κ1) is 16.5. The van der Waals surface area contributed by atoms with E-state index in [0.29, 0.717) is 16.8 Å². The Morgan fingerprint density at radius 1 is 1.19 bits per heavy atom. The summed E-state index contributed by atoms with van der Waals surface area (Å²) in [6.45, 7) is 2.22. The van der Waals surface area contributed by atoms with Crippen LogP contribution in [0.15, 0.2) is 12.1 Å². The van der Waals surface area contributed by atoms with Gasteiger partial charge >= 0.3 is 0 Å². The Bertz CT molecular complexity index is 933. The molecule has 2 heterocycles. The molecule has 5 heteroatoms. The van der Waals surface area contributed by atoms with E-state index >= 15 is 0 Å². The van der Waals surface area contributed by atoms with E-state index in [0.717, 1.165) is 34.8 Å². The van der Waals surface area contributed by atoms with Crippen molar-refractivity contribution in [3.63, 3.8) is 0 Å². The monoisotopic (exact) mass is 381 g/mol. The molecule has 1 aliphatic heterocycles. The highest BCUT2D eigenvalue weighted by Gasteiger charge is 2.57. The number of thiazole rings is 1. The summed E-state index contributed by atoms with van der Waals surface area (Å²) in [6.07, 6.45) is 10.3. The first-order valence-electron chi connectivity index (χ1n) is 10.6. The largest absolute Gasteiger partial charge is 0.375 e. The molecule has 2 bridgehead atoms. The molecular formula is C22H27N3OS. The van der Waals surface area contributed by atoms with Crippen molar-refractivity contribution in [3.05, 3.63) is 23.3 Å². The molecule has 6 rings (SSSR count). The third kappa shape index (κ3) is 2.24. The lowest BCUT2D eigenvalue weighted by Crippen LogP contribution is -2.64.